The number of nitriles is 1. The van der Waals surface area contributed by atoms with Crippen LogP contribution in [0.1, 0.15) is 28.8 Å². The molecule has 0 fully saturated rings. The summed E-state index contributed by atoms with van der Waals surface area (Å²) in [5.41, 5.74) is -0.757. The van der Waals surface area contributed by atoms with Crippen molar-refractivity contribution in [3.63, 3.8) is 0 Å². The molecule has 0 aliphatic carbocycles. The van der Waals surface area contributed by atoms with Gasteiger partial charge >= 0.3 is 11.9 Å². The molecule has 0 saturated heterocycles. The molecule has 0 aromatic heterocycles. The predicted molar refractivity (Wildman–Crippen MR) is 62.9 cm³/mol. The molecule has 0 saturated carbocycles. The Bertz CT molecular complexity index is 589. The van der Waals surface area contributed by atoms with Crippen LogP contribution in [0.5, 0.6) is 5.75 Å². The second-order valence-corrected chi connectivity index (χ2v) is 4.36. The van der Waals surface area contributed by atoms with Crippen LogP contribution in [0.2, 0.25) is 0 Å². The maximum atomic E-state index is 11.3. The molecule has 1 aromatic rings. The average Bonchev–Trinajstić information content (AvgIpc) is 2.38. The van der Waals surface area contributed by atoms with Crippen LogP contribution < -0.4 is 4.74 Å². The molecule has 1 aromatic carbocycles. The number of aryl methyl sites for hydroxylation is 1. The van der Waals surface area contributed by atoms with Gasteiger partial charge in [0.2, 0.25) is 5.60 Å². The van der Waals surface area contributed by atoms with Gasteiger partial charge in [0.15, 0.2) is 0 Å². The van der Waals surface area contributed by atoms with Gasteiger partial charge in [-0.05, 0) is 30.2 Å². The van der Waals surface area contributed by atoms with Gasteiger partial charge in [0.1, 0.15) is 5.75 Å². The molecule has 6 nitrogen and oxygen atoms in total. The number of aliphatic carboxylic acids is 1. The minimum atomic E-state index is -1.54. The van der Waals surface area contributed by atoms with Crippen molar-refractivity contribution in [2.24, 2.45) is 0 Å². The van der Waals surface area contributed by atoms with E-state index in [1.165, 1.54) is 18.2 Å². The first kappa shape index (κ1) is 12.9. The standard InChI is InChI=1S/C13H11NO5/c14-6-5-13(12(17)18)4-3-8-7-9(11(15)16)1-2-10(8)19-13/h1-2,7H,3-5H2,(H,15,16)(H,17,18). The smallest absolute Gasteiger partial charge is 0.349 e. The minimum Gasteiger partial charge on any atom is -0.478 e. The Morgan fingerprint density at radius 1 is 1.42 bits per heavy atom. The van der Waals surface area contributed by atoms with Crippen molar-refractivity contribution in [1.29, 1.82) is 5.26 Å². The molecule has 98 valence electrons. The van der Waals surface area contributed by atoms with E-state index in [-0.39, 0.29) is 18.4 Å². The SMILES string of the molecule is N#CCC1(C(=O)O)CCc2cc(C(=O)O)ccc2O1. The number of rotatable bonds is 3. The Morgan fingerprint density at radius 2 is 2.16 bits per heavy atom. The van der Waals surface area contributed by atoms with Crippen LogP contribution >= 0.6 is 0 Å². The lowest BCUT2D eigenvalue weighted by molar-refractivity contribution is -0.156. The van der Waals surface area contributed by atoms with Crippen LogP contribution in [0.25, 0.3) is 0 Å². The van der Waals surface area contributed by atoms with Crippen molar-refractivity contribution in [3.8, 4) is 11.8 Å². The molecule has 19 heavy (non-hydrogen) atoms. The quantitative estimate of drug-likeness (QED) is 0.852. The molecule has 1 heterocycles. The molecule has 6 heteroatoms. The number of nitrogens with zero attached hydrogens (tertiary/aromatic N) is 1. The summed E-state index contributed by atoms with van der Waals surface area (Å²) in [5.74, 6) is -1.90. The zero-order valence-electron chi connectivity index (χ0n) is 9.92. The molecular formula is C13H11NO5. The van der Waals surface area contributed by atoms with E-state index in [4.69, 9.17) is 15.1 Å². The summed E-state index contributed by atoms with van der Waals surface area (Å²) < 4.78 is 5.44. The van der Waals surface area contributed by atoms with Gasteiger partial charge in [0, 0.05) is 6.42 Å². The summed E-state index contributed by atoms with van der Waals surface area (Å²) in [4.78, 5) is 22.1. The summed E-state index contributed by atoms with van der Waals surface area (Å²) in [7, 11) is 0. The van der Waals surface area contributed by atoms with E-state index in [2.05, 4.69) is 0 Å². The van der Waals surface area contributed by atoms with Gasteiger partial charge in [0.25, 0.3) is 0 Å². The van der Waals surface area contributed by atoms with Crippen LogP contribution in [0, 0.1) is 11.3 Å². The molecule has 1 unspecified atom stereocenters. The molecule has 2 N–H and O–H groups in total. The molecule has 1 atom stereocenters. The first-order chi connectivity index (χ1) is 8.98. The third kappa shape index (κ3) is 2.22. The fraction of sp³-hybridized carbons (Fsp3) is 0.308. The summed E-state index contributed by atoms with van der Waals surface area (Å²) >= 11 is 0. The maximum absolute atomic E-state index is 11.3. The monoisotopic (exact) mass is 261 g/mol. The number of fused-ring (bicyclic) bond motifs is 1. The van der Waals surface area contributed by atoms with E-state index in [1.54, 1.807) is 0 Å². The molecular weight excluding hydrogens is 250 g/mol. The van der Waals surface area contributed by atoms with Gasteiger partial charge in [-0.2, -0.15) is 5.26 Å². The van der Waals surface area contributed by atoms with Crippen molar-refractivity contribution in [2.45, 2.75) is 24.9 Å². The zero-order valence-corrected chi connectivity index (χ0v) is 9.92. The lowest BCUT2D eigenvalue weighted by Crippen LogP contribution is -2.47. The van der Waals surface area contributed by atoms with Gasteiger partial charge in [-0.25, -0.2) is 9.59 Å². The lowest BCUT2D eigenvalue weighted by Gasteiger charge is -2.33. The number of hydrogen-bond donors (Lipinski definition) is 2. The molecule has 0 radical (unpaired) electrons. The summed E-state index contributed by atoms with van der Waals surface area (Å²) in [5, 5.41) is 26.8. The summed E-state index contributed by atoms with van der Waals surface area (Å²) in [6.07, 6.45) is 0.263. The van der Waals surface area contributed by atoms with Crippen LogP contribution in [-0.2, 0) is 11.2 Å². The summed E-state index contributed by atoms with van der Waals surface area (Å²) in [6, 6.07) is 6.08. The highest BCUT2D eigenvalue weighted by molar-refractivity contribution is 5.88. The third-order valence-electron chi connectivity index (χ3n) is 3.17. The highest BCUT2D eigenvalue weighted by Gasteiger charge is 2.44. The van der Waals surface area contributed by atoms with Crippen molar-refractivity contribution < 1.29 is 24.5 Å². The first-order valence-electron chi connectivity index (χ1n) is 5.64. The van der Waals surface area contributed by atoms with Crippen LogP contribution in [0.4, 0.5) is 0 Å². The Hall–Kier alpha value is -2.55. The highest BCUT2D eigenvalue weighted by Crippen LogP contribution is 2.35. The van der Waals surface area contributed by atoms with Gasteiger partial charge in [-0.1, -0.05) is 0 Å². The second kappa shape index (κ2) is 4.61. The molecule has 0 amide bonds. The fourth-order valence-electron chi connectivity index (χ4n) is 2.08. The van der Waals surface area contributed by atoms with E-state index < -0.39 is 17.5 Å². The Morgan fingerprint density at radius 3 is 2.74 bits per heavy atom. The normalized spacial score (nSPS) is 20.8. The second-order valence-electron chi connectivity index (χ2n) is 4.36. The van der Waals surface area contributed by atoms with E-state index in [9.17, 15) is 14.7 Å². The van der Waals surface area contributed by atoms with Crippen LogP contribution in [0.15, 0.2) is 18.2 Å². The van der Waals surface area contributed by atoms with Crippen molar-refractivity contribution in [2.75, 3.05) is 0 Å². The van der Waals surface area contributed by atoms with E-state index in [0.29, 0.717) is 17.7 Å². The van der Waals surface area contributed by atoms with E-state index >= 15 is 0 Å². The zero-order chi connectivity index (χ0) is 14.0. The van der Waals surface area contributed by atoms with Gasteiger partial charge in [0.05, 0.1) is 18.1 Å². The fourth-order valence-corrected chi connectivity index (χ4v) is 2.08. The number of carboxylic acids is 2. The topological polar surface area (TPSA) is 108 Å². The molecule has 2 rings (SSSR count). The minimum absolute atomic E-state index is 0.130. The average molecular weight is 261 g/mol. The van der Waals surface area contributed by atoms with Gasteiger partial charge in [-0.3, -0.25) is 0 Å². The van der Waals surface area contributed by atoms with E-state index in [1.807, 2.05) is 6.07 Å². The van der Waals surface area contributed by atoms with Crippen molar-refractivity contribution in [3.05, 3.63) is 29.3 Å². The summed E-state index contributed by atoms with van der Waals surface area (Å²) in [6.45, 7) is 0. The van der Waals surface area contributed by atoms with Crippen LogP contribution in [-0.4, -0.2) is 27.8 Å². The molecule has 1 aliphatic rings. The molecule has 1 aliphatic heterocycles. The van der Waals surface area contributed by atoms with Crippen LogP contribution in [0.3, 0.4) is 0 Å². The number of hydrogen-bond acceptors (Lipinski definition) is 4. The predicted octanol–water partition coefficient (Wildman–Crippen LogP) is 1.45. The third-order valence-corrected chi connectivity index (χ3v) is 3.17. The highest BCUT2D eigenvalue weighted by atomic mass is 16.5. The number of ether oxygens (including phenoxy) is 1. The lowest BCUT2D eigenvalue weighted by atomic mass is 9.88. The maximum Gasteiger partial charge on any atom is 0.349 e. The Balaban J connectivity index is 2.37. The van der Waals surface area contributed by atoms with Crippen molar-refractivity contribution in [1.82, 2.24) is 0 Å². The number of benzene rings is 1. The Labute approximate surface area is 108 Å². The van der Waals surface area contributed by atoms with Gasteiger partial charge < -0.3 is 14.9 Å². The number of aromatic carboxylic acids is 1. The number of carboxylic acid groups (broad SMARTS) is 2. The van der Waals surface area contributed by atoms with Gasteiger partial charge in [-0.15, -0.1) is 0 Å². The molecule has 0 bridgehead atoms. The number of carbonyl (C=O) groups is 2. The van der Waals surface area contributed by atoms with E-state index in [0.717, 1.165) is 0 Å². The first-order valence-corrected chi connectivity index (χ1v) is 5.64. The van der Waals surface area contributed by atoms with Crippen molar-refractivity contribution >= 4 is 11.9 Å². The Kier molecular flexibility index (Phi) is 3.13. The largest absolute Gasteiger partial charge is 0.478 e. The molecule has 0 spiro atoms.